The number of rotatable bonds is 5. The summed E-state index contributed by atoms with van der Waals surface area (Å²) in [6.07, 6.45) is 4.91. The number of nitrogens with one attached hydrogen (secondary N) is 1. The van der Waals surface area contributed by atoms with E-state index in [1.807, 2.05) is 0 Å². The monoisotopic (exact) mass is 269 g/mol. The molecule has 0 bridgehead atoms. The molecule has 2 unspecified atom stereocenters. The predicted octanol–water partition coefficient (Wildman–Crippen LogP) is 3.51. The van der Waals surface area contributed by atoms with Gasteiger partial charge in [-0.05, 0) is 30.9 Å². The maximum absolute atomic E-state index is 13.3. The molecule has 106 valence electrons. The molecule has 0 saturated heterocycles. The molecule has 0 amide bonds. The molecule has 2 nitrogen and oxygen atoms in total. The van der Waals surface area contributed by atoms with Crippen LogP contribution in [0.2, 0.25) is 0 Å². The van der Waals surface area contributed by atoms with E-state index in [2.05, 4.69) is 12.2 Å². The first-order valence-corrected chi connectivity index (χ1v) is 6.97. The summed E-state index contributed by atoms with van der Waals surface area (Å²) >= 11 is 0. The third-order valence-electron chi connectivity index (χ3n) is 3.64. The minimum absolute atomic E-state index is 0.277. The highest BCUT2D eigenvalue weighted by atomic mass is 19.1. The van der Waals surface area contributed by atoms with Gasteiger partial charge in [0.2, 0.25) is 0 Å². The largest absolute Gasteiger partial charge is 0.486 e. The standard InChI is InChI=1S/C15H21F2NO/c1-11-4-2-5-12(10-11)18-8-9-19-15-13(16)6-3-7-14(15)17/h3,6-7,11-12,18H,2,4-5,8-10H2,1H3. The number of benzene rings is 1. The maximum Gasteiger partial charge on any atom is 0.190 e. The van der Waals surface area contributed by atoms with Crippen LogP contribution in [0.1, 0.15) is 32.6 Å². The minimum atomic E-state index is -0.647. The van der Waals surface area contributed by atoms with Crippen LogP contribution in [0, 0.1) is 17.6 Å². The smallest absolute Gasteiger partial charge is 0.190 e. The molecule has 1 aromatic rings. The van der Waals surface area contributed by atoms with E-state index in [1.165, 1.54) is 43.9 Å². The van der Waals surface area contributed by atoms with Gasteiger partial charge in [0.05, 0.1) is 0 Å². The number of hydrogen-bond acceptors (Lipinski definition) is 2. The summed E-state index contributed by atoms with van der Waals surface area (Å²) < 4.78 is 31.8. The number of para-hydroxylation sites is 1. The van der Waals surface area contributed by atoms with E-state index >= 15 is 0 Å². The summed E-state index contributed by atoms with van der Waals surface area (Å²) in [6.45, 7) is 3.16. The van der Waals surface area contributed by atoms with E-state index in [9.17, 15) is 8.78 Å². The molecule has 0 aromatic heterocycles. The number of ether oxygens (including phenoxy) is 1. The Hall–Kier alpha value is -1.16. The second-order valence-electron chi connectivity index (χ2n) is 5.32. The van der Waals surface area contributed by atoms with Crippen LogP contribution >= 0.6 is 0 Å². The third kappa shape index (κ3) is 4.16. The molecule has 2 rings (SSSR count). The zero-order chi connectivity index (χ0) is 13.7. The summed E-state index contributed by atoms with van der Waals surface area (Å²) in [5.41, 5.74) is 0. The van der Waals surface area contributed by atoms with Gasteiger partial charge in [-0.25, -0.2) is 8.78 Å². The van der Waals surface area contributed by atoms with Crippen LogP contribution in [0.5, 0.6) is 5.75 Å². The summed E-state index contributed by atoms with van der Waals surface area (Å²) in [5.74, 6) is -0.810. The van der Waals surface area contributed by atoms with Crippen molar-refractivity contribution in [1.29, 1.82) is 0 Å². The van der Waals surface area contributed by atoms with Gasteiger partial charge in [-0.1, -0.05) is 25.8 Å². The Morgan fingerprint density at radius 3 is 2.68 bits per heavy atom. The molecular weight excluding hydrogens is 248 g/mol. The third-order valence-corrected chi connectivity index (χ3v) is 3.64. The van der Waals surface area contributed by atoms with Crippen molar-refractivity contribution >= 4 is 0 Å². The highest BCUT2D eigenvalue weighted by Crippen LogP contribution is 2.23. The first-order chi connectivity index (χ1) is 9.16. The van der Waals surface area contributed by atoms with Crippen molar-refractivity contribution in [2.75, 3.05) is 13.2 Å². The van der Waals surface area contributed by atoms with Crippen molar-refractivity contribution in [2.24, 2.45) is 5.92 Å². The lowest BCUT2D eigenvalue weighted by Gasteiger charge is -2.27. The summed E-state index contributed by atoms with van der Waals surface area (Å²) in [6, 6.07) is 4.25. The minimum Gasteiger partial charge on any atom is -0.486 e. The zero-order valence-corrected chi connectivity index (χ0v) is 11.3. The van der Waals surface area contributed by atoms with Gasteiger partial charge in [0.1, 0.15) is 6.61 Å². The first kappa shape index (κ1) is 14.3. The van der Waals surface area contributed by atoms with Gasteiger partial charge in [0, 0.05) is 12.6 Å². The van der Waals surface area contributed by atoms with Gasteiger partial charge >= 0.3 is 0 Å². The normalized spacial score (nSPS) is 23.3. The summed E-state index contributed by atoms with van der Waals surface area (Å²) in [5, 5.41) is 3.39. The van der Waals surface area contributed by atoms with Crippen LogP contribution in [0.3, 0.4) is 0 Å². The molecule has 0 radical (unpaired) electrons. The highest BCUT2D eigenvalue weighted by Gasteiger charge is 2.18. The molecule has 19 heavy (non-hydrogen) atoms. The fourth-order valence-corrected chi connectivity index (χ4v) is 2.66. The fourth-order valence-electron chi connectivity index (χ4n) is 2.66. The van der Waals surface area contributed by atoms with Gasteiger partial charge in [-0.3, -0.25) is 0 Å². The quantitative estimate of drug-likeness (QED) is 0.826. The van der Waals surface area contributed by atoms with E-state index in [1.54, 1.807) is 0 Å². The van der Waals surface area contributed by atoms with Crippen LogP contribution < -0.4 is 10.1 Å². The molecule has 1 N–H and O–H groups in total. The van der Waals surface area contributed by atoms with Crippen molar-refractivity contribution in [3.63, 3.8) is 0 Å². The molecule has 1 saturated carbocycles. The predicted molar refractivity (Wildman–Crippen MR) is 71.3 cm³/mol. The van der Waals surface area contributed by atoms with Crippen LogP contribution in [-0.4, -0.2) is 19.2 Å². The lowest BCUT2D eigenvalue weighted by molar-refractivity contribution is 0.253. The van der Waals surface area contributed by atoms with Gasteiger partial charge in [0.25, 0.3) is 0 Å². The van der Waals surface area contributed by atoms with Crippen molar-refractivity contribution in [1.82, 2.24) is 5.32 Å². The Labute approximate surface area is 113 Å². The maximum atomic E-state index is 13.3. The number of hydrogen-bond donors (Lipinski definition) is 1. The lowest BCUT2D eigenvalue weighted by Crippen LogP contribution is -2.36. The Balaban J connectivity index is 1.72. The molecule has 0 spiro atoms. The Bertz CT molecular complexity index is 391. The topological polar surface area (TPSA) is 21.3 Å². The Morgan fingerprint density at radius 1 is 1.26 bits per heavy atom. The Morgan fingerprint density at radius 2 is 2.00 bits per heavy atom. The van der Waals surface area contributed by atoms with Crippen LogP contribution in [0.15, 0.2) is 18.2 Å². The van der Waals surface area contributed by atoms with Gasteiger partial charge in [-0.2, -0.15) is 0 Å². The average molecular weight is 269 g/mol. The van der Waals surface area contributed by atoms with Crippen LogP contribution in [-0.2, 0) is 0 Å². The van der Waals surface area contributed by atoms with Crippen molar-refractivity contribution in [3.8, 4) is 5.75 Å². The molecular formula is C15H21F2NO. The molecule has 1 fully saturated rings. The van der Waals surface area contributed by atoms with Crippen LogP contribution in [0.25, 0.3) is 0 Å². The van der Waals surface area contributed by atoms with E-state index in [0.29, 0.717) is 12.6 Å². The summed E-state index contributed by atoms with van der Waals surface area (Å²) in [4.78, 5) is 0. The SMILES string of the molecule is CC1CCCC(NCCOc2c(F)cccc2F)C1. The zero-order valence-electron chi connectivity index (χ0n) is 11.3. The molecule has 4 heteroatoms. The van der Waals surface area contributed by atoms with Gasteiger partial charge in [-0.15, -0.1) is 0 Å². The van der Waals surface area contributed by atoms with E-state index in [0.717, 1.165) is 5.92 Å². The Kier molecular flexibility index (Phi) is 5.14. The van der Waals surface area contributed by atoms with E-state index in [4.69, 9.17) is 4.74 Å². The van der Waals surface area contributed by atoms with Gasteiger partial charge < -0.3 is 10.1 Å². The van der Waals surface area contributed by atoms with E-state index in [-0.39, 0.29) is 12.4 Å². The molecule has 1 aliphatic rings. The van der Waals surface area contributed by atoms with Crippen molar-refractivity contribution in [3.05, 3.63) is 29.8 Å². The second kappa shape index (κ2) is 6.85. The molecule has 1 aromatic carbocycles. The highest BCUT2D eigenvalue weighted by molar-refractivity contribution is 5.25. The first-order valence-electron chi connectivity index (χ1n) is 6.97. The van der Waals surface area contributed by atoms with Gasteiger partial charge in [0.15, 0.2) is 17.4 Å². The fraction of sp³-hybridized carbons (Fsp3) is 0.600. The second-order valence-corrected chi connectivity index (χ2v) is 5.32. The van der Waals surface area contributed by atoms with Crippen LogP contribution in [0.4, 0.5) is 8.78 Å². The molecule has 1 aliphatic carbocycles. The molecule has 0 heterocycles. The molecule has 2 atom stereocenters. The average Bonchev–Trinajstić information content (AvgIpc) is 2.37. The summed E-state index contributed by atoms with van der Waals surface area (Å²) in [7, 11) is 0. The van der Waals surface area contributed by atoms with E-state index < -0.39 is 11.6 Å². The number of halogens is 2. The van der Waals surface area contributed by atoms with Crippen molar-refractivity contribution < 1.29 is 13.5 Å². The van der Waals surface area contributed by atoms with Crippen molar-refractivity contribution in [2.45, 2.75) is 38.6 Å². The molecule has 0 aliphatic heterocycles. The lowest BCUT2D eigenvalue weighted by atomic mass is 9.87.